The first-order valence-corrected chi connectivity index (χ1v) is 12.2. The van der Waals surface area contributed by atoms with E-state index in [1.807, 2.05) is 0 Å². The molecule has 34 heavy (non-hydrogen) atoms. The van der Waals surface area contributed by atoms with E-state index in [-0.39, 0.29) is 24.2 Å². The summed E-state index contributed by atoms with van der Waals surface area (Å²) in [6.45, 7) is 1.50. The van der Waals surface area contributed by atoms with Crippen molar-refractivity contribution in [2.75, 3.05) is 6.54 Å². The van der Waals surface area contributed by atoms with Crippen LogP contribution in [0.2, 0.25) is 10.0 Å². The van der Waals surface area contributed by atoms with Crippen LogP contribution in [-0.4, -0.2) is 44.2 Å². The smallest absolute Gasteiger partial charge is 0.410 e. The number of carboxylic acids is 1. The number of aliphatic carboxylic acids is 1. The molecule has 1 N–H and O–H groups in total. The standard InChI is InChI=1S/C24H27Cl2N3O5/c25-18-8-16(9-19(26)11-18)14-34-24(33)28-6-1-7-29-20(13-28)12-21(27-29)22(30)10-15-2-4-17(5-3-15)23(31)32/h8-9,11-12,15,17H,1-7,10,13-14H2,(H,31,32). The predicted molar refractivity (Wildman–Crippen MR) is 126 cm³/mol. The molecule has 1 fully saturated rings. The Morgan fingerprint density at radius 3 is 2.41 bits per heavy atom. The number of halogens is 2. The number of aryl methyl sites for hydroxylation is 1. The predicted octanol–water partition coefficient (Wildman–Crippen LogP) is 5.20. The molecule has 0 atom stereocenters. The molecule has 1 aliphatic heterocycles. The van der Waals surface area contributed by atoms with Gasteiger partial charge in [-0.1, -0.05) is 23.2 Å². The van der Waals surface area contributed by atoms with E-state index in [0.29, 0.717) is 66.6 Å². The Hall–Kier alpha value is -2.58. The minimum atomic E-state index is -0.748. The van der Waals surface area contributed by atoms with Crippen LogP contribution in [-0.2, 0) is 29.2 Å². The van der Waals surface area contributed by atoms with Gasteiger partial charge in [-0.15, -0.1) is 0 Å². The van der Waals surface area contributed by atoms with Crippen LogP contribution in [0, 0.1) is 11.8 Å². The lowest BCUT2D eigenvalue weighted by molar-refractivity contribution is -0.143. The number of hydrogen-bond acceptors (Lipinski definition) is 5. The number of rotatable bonds is 6. The molecule has 0 radical (unpaired) electrons. The second-order valence-corrected chi connectivity index (χ2v) is 9.91. The molecule has 1 aromatic carbocycles. The first-order chi connectivity index (χ1) is 16.3. The van der Waals surface area contributed by atoms with Gasteiger partial charge < -0.3 is 14.7 Å². The lowest BCUT2D eigenvalue weighted by atomic mass is 9.79. The van der Waals surface area contributed by atoms with Crippen molar-refractivity contribution < 1.29 is 24.2 Å². The van der Waals surface area contributed by atoms with Crippen LogP contribution in [0.1, 0.15) is 60.3 Å². The first kappa shape index (κ1) is 24.5. The average Bonchev–Trinajstić information content (AvgIpc) is 3.09. The van der Waals surface area contributed by atoms with Gasteiger partial charge >= 0.3 is 12.1 Å². The quantitative estimate of drug-likeness (QED) is 0.539. The molecular weight excluding hydrogens is 481 g/mol. The number of carbonyl (C=O) groups excluding carboxylic acids is 2. The van der Waals surface area contributed by atoms with Crippen molar-refractivity contribution in [3.05, 3.63) is 51.3 Å². The van der Waals surface area contributed by atoms with Crippen LogP contribution in [0.15, 0.2) is 24.3 Å². The van der Waals surface area contributed by atoms with Crippen LogP contribution in [0.5, 0.6) is 0 Å². The maximum atomic E-state index is 12.8. The summed E-state index contributed by atoms with van der Waals surface area (Å²) >= 11 is 12.0. The van der Waals surface area contributed by atoms with E-state index in [2.05, 4.69) is 5.10 Å². The van der Waals surface area contributed by atoms with Crippen molar-refractivity contribution in [3.8, 4) is 0 Å². The van der Waals surface area contributed by atoms with Crippen LogP contribution in [0.3, 0.4) is 0 Å². The summed E-state index contributed by atoms with van der Waals surface area (Å²) < 4.78 is 7.25. The van der Waals surface area contributed by atoms with Crippen molar-refractivity contribution in [2.45, 2.75) is 58.2 Å². The van der Waals surface area contributed by atoms with Gasteiger partial charge in [0.15, 0.2) is 5.78 Å². The number of aromatic nitrogens is 2. The fraction of sp³-hybridized carbons (Fsp3) is 0.500. The number of ether oxygens (including phenoxy) is 1. The second kappa shape index (κ2) is 10.8. The highest BCUT2D eigenvalue weighted by Crippen LogP contribution is 2.32. The lowest BCUT2D eigenvalue weighted by Gasteiger charge is -2.25. The van der Waals surface area contributed by atoms with Crippen molar-refractivity contribution in [1.82, 2.24) is 14.7 Å². The molecule has 1 aromatic heterocycles. The van der Waals surface area contributed by atoms with Gasteiger partial charge in [-0.05, 0) is 67.9 Å². The number of ketones is 1. The number of hydrogen-bond donors (Lipinski definition) is 1. The zero-order valence-electron chi connectivity index (χ0n) is 18.7. The molecule has 8 nitrogen and oxygen atoms in total. The molecule has 0 unspecified atom stereocenters. The molecule has 182 valence electrons. The van der Waals surface area contributed by atoms with Gasteiger partial charge in [-0.3, -0.25) is 14.3 Å². The fourth-order valence-corrected chi connectivity index (χ4v) is 5.24. The lowest BCUT2D eigenvalue weighted by Crippen LogP contribution is -2.31. The normalized spacial score (nSPS) is 20.4. The van der Waals surface area contributed by atoms with E-state index in [0.717, 1.165) is 18.5 Å². The third-order valence-corrected chi connectivity index (χ3v) is 6.95. The van der Waals surface area contributed by atoms with Gasteiger partial charge in [0.25, 0.3) is 0 Å². The van der Waals surface area contributed by atoms with Gasteiger partial charge in [-0.2, -0.15) is 5.10 Å². The number of Topliss-reactive ketones (excluding diaryl/α,β-unsaturated/α-hetero) is 1. The Morgan fingerprint density at radius 2 is 1.74 bits per heavy atom. The van der Waals surface area contributed by atoms with Gasteiger partial charge in [0.05, 0.1) is 18.2 Å². The first-order valence-electron chi connectivity index (χ1n) is 11.5. The zero-order chi connectivity index (χ0) is 24.2. The number of nitrogens with zero attached hydrogens (tertiary/aromatic N) is 3. The number of fused-ring (bicyclic) bond motifs is 1. The van der Waals surface area contributed by atoms with Crippen molar-refractivity contribution in [2.24, 2.45) is 11.8 Å². The Bertz CT molecular complexity index is 1060. The number of amides is 1. The molecular formula is C24H27Cl2N3O5. The maximum Gasteiger partial charge on any atom is 0.410 e. The van der Waals surface area contributed by atoms with E-state index in [4.69, 9.17) is 33.0 Å². The zero-order valence-corrected chi connectivity index (χ0v) is 20.2. The molecule has 1 aliphatic carbocycles. The summed E-state index contributed by atoms with van der Waals surface area (Å²) in [6, 6.07) is 6.77. The van der Waals surface area contributed by atoms with E-state index >= 15 is 0 Å². The molecule has 1 amide bonds. The van der Waals surface area contributed by atoms with E-state index in [1.54, 1.807) is 33.8 Å². The van der Waals surface area contributed by atoms with E-state index in [1.165, 1.54) is 0 Å². The van der Waals surface area contributed by atoms with Gasteiger partial charge in [0.1, 0.15) is 12.3 Å². The summed E-state index contributed by atoms with van der Waals surface area (Å²) in [5.74, 6) is -0.888. The summed E-state index contributed by atoms with van der Waals surface area (Å²) in [5, 5.41) is 14.6. The summed E-state index contributed by atoms with van der Waals surface area (Å²) in [5.41, 5.74) is 1.90. The van der Waals surface area contributed by atoms with Crippen molar-refractivity contribution >= 4 is 41.0 Å². The largest absolute Gasteiger partial charge is 0.481 e. The summed E-state index contributed by atoms with van der Waals surface area (Å²) in [4.78, 5) is 38.3. The third-order valence-electron chi connectivity index (χ3n) is 6.51. The molecule has 0 bridgehead atoms. The van der Waals surface area contributed by atoms with E-state index < -0.39 is 12.1 Å². The van der Waals surface area contributed by atoms with Gasteiger partial charge in [-0.25, -0.2) is 4.79 Å². The highest BCUT2D eigenvalue weighted by Gasteiger charge is 2.29. The number of benzene rings is 1. The second-order valence-electron chi connectivity index (χ2n) is 9.03. The number of carboxylic acid groups (broad SMARTS) is 1. The maximum absolute atomic E-state index is 12.8. The highest BCUT2D eigenvalue weighted by atomic mass is 35.5. The topological polar surface area (TPSA) is 102 Å². The molecule has 2 aliphatic rings. The van der Waals surface area contributed by atoms with Crippen LogP contribution >= 0.6 is 23.2 Å². The summed E-state index contributed by atoms with van der Waals surface area (Å²) in [7, 11) is 0. The monoisotopic (exact) mass is 507 g/mol. The van der Waals surface area contributed by atoms with Gasteiger partial charge in [0, 0.05) is 29.6 Å². The third kappa shape index (κ3) is 6.10. The summed E-state index contributed by atoms with van der Waals surface area (Å²) in [6.07, 6.45) is 3.34. The van der Waals surface area contributed by atoms with Crippen molar-refractivity contribution in [3.63, 3.8) is 0 Å². The Morgan fingerprint density at radius 1 is 1.03 bits per heavy atom. The molecule has 2 aromatic rings. The molecule has 0 saturated heterocycles. The molecule has 1 saturated carbocycles. The molecule has 4 rings (SSSR count). The van der Waals surface area contributed by atoms with Crippen LogP contribution < -0.4 is 0 Å². The fourth-order valence-electron chi connectivity index (χ4n) is 4.67. The Labute approximate surface area is 207 Å². The van der Waals surface area contributed by atoms with Crippen molar-refractivity contribution in [1.29, 1.82) is 0 Å². The van der Waals surface area contributed by atoms with Crippen LogP contribution in [0.25, 0.3) is 0 Å². The van der Waals surface area contributed by atoms with E-state index in [9.17, 15) is 14.4 Å². The molecule has 10 heteroatoms. The minimum Gasteiger partial charge on any atom is -0.481 e. The SMILES string of the molecule is O=C(CC1CCC(C(=O)O)CC1)c1cc2n(n1)CCCN(C(=O)OCc1cc(Cl)cc(Cl)c1)C2. The van der Waals surface area contributed by atoms with Crippen LogP contribution in [0.4, 0.5) is 4.79 Å². The minimum absolute atomic E-state index is 0.0358. The Kier molecular flexibility index (Phi) is 7.78. The highest BCUT2D eigenvalue weighted by molar-refractivity contribution is 6.34. The number of carbonyl (C=O) groups is 3. The molecule has 2 heterocycles. The average molecular weight is 508 g/mol. The van der Waals surface area contributed by atoms with Gasteiger partial charge in [0.2, 0.25) is 0 Å². The Balaban J connectivity index is 1.34. The molecule has 0 spiro atoms.